The first-order valence-electron chi connectivity index (χ1n) is 5.90. The van der Waals surface area contributed by atoms with E-state index >= 15 is 0 Å². The monoisotopic (exact) mass is 222 g/mol. The molecule has 0 fully saturated rings. The molecule has 0 aromatic rings. The van der Waals surface area contributed by atoms with Crippen LogP contribution < -0.4 is 34.7 Å². The van der Waals surface area contributed by atoms with Crippen LogP contribution >= 0.6 is 0 Å². The van der Waals surface area contributed by atoms with Gasteiger partial charge in [0.25, 0.3) is 0 Å². The molecule has 0 aromatic carbocycles. The van der Waals surface area contributed by atoms with Gasteiger partial charge in [-0.15, -0.1) is 0 Å². The van der Waals surface area contributed by atoms with Gasteiger partial charge >= 0.3 is 29.6 Å². The second-order valence-electron chi connectivity index (χ2n) is 4.06. The third kappa shape index (κ3) is 12.4. The summed E-state index contributed by atoms with van der Waals surface area (Å²) in [7, 11) is 0. The van der Waals surface area contributed by atoms with E-state index in [1.165, 1.54) is 32.1 Å². The van der Waals surface area contributed by atoms with Gasteiger partial charge in [0.15, 0.2) is 0 Å². The van der Waals surface area contributed by atoms with Gasteiger partial charge in [0.05, 0.1) is 0 Å². The minimum Gasteiger partial charge on any atom is -0.550 e. The largest absolute Gasteiger partial charge is 1.00 e. The molecule has 0 bridgehead atoms. The van der Waals surface area contributed by atoms with Gasteiger partial charge in [-0.3, -0.25) is 0 Å². The molecule has 0 aliphatic carbocycles. The smallest absolute Gasteiger partial charge is 0.550 e. The van der Waals surface area contributed by atoms with Crippen molar-refractivity contribution in [2.75, 3.05) is 0 Å². The maximum Gasteiger partial charge on any atom is 1.00 e. The van der Waals surface area contributed by atoms with E-state index in [-0.39, 0.29) is 36.0 Å². The Balaban J connectivity index is 0. The molecule has 3 heteroatoms. The quantitative estimate of drug-likeness (QED) is 0.390. The molecule has 0 aliphatic heterocycles. The van der Waals surface area contributed by atoms with Crippen molar-refractivity contribution in [1.82, 2.24) is 0 Å². The predicted octanol–water partition coefficient (Wildman–Crippen LogP) is -0.483. The first-order valence-corrected chi connectivity index (χ1v) is 5.90. The van der Waals surface area contributed by atoms with E-state index in [9.17, 15) is 9.90 Å². The van der Waals surface area contributed by atoms with Crippen LogP contribution in [0, 0.1) is 5.92 Å². The number of hydrogen-bond donors (Lipinski definition) is 0. The molecule has 0 radical (unpaired) electrons. The van der Waals surface area contributed by atoms with E-state index in [4.69, 9.17) is 0 Å². The molecule has 0 heterocycles. The Morgan fingerprint density at radius 1 is 1.07 bits per heavy atom. The third-order valence-electron chi connectivity index (χ3n) is 2.64. The number of carboxylic acids is 1. The summed E-state index contributed by atoms with van der Waals surface area (Å²) in [6, 6.07) is 0. The zero-order valence-electron chi connectivity index (χ0n) is 10.6. The fourth-order valence-electron chi connectivity index (χ4n) is 1.95. The van der Waals surface area contributed by atoms with Gasteiger partial charge in [0.1, 0.15) is 0 Å². The molecule has 0 aromatic heterocycles. The van der Waals surface area contributed by atoms with Crippen LogP contribution in [0.3, 0.4) is 0 Å². The van der Waals surface area contributed by atoms with Crippen molar-refractivity contribution in [1.29, 1.82) is 0 Å². The summed E-state index contributed by atoms with van der Waals surface area (Å²) < 4.78 is 0. The average molecular weight is 222 g/mol. The number of hydrogen-bond acceptors (Lipinski definition) is 2. The van der Waals surface area contributed by atoms with E-state index in [1.54, 1.807) is 0 Å². The Kier molecular flexibility index (Phi) is 14.9. The number of carboxylic acid groups (broad SMARTS) is 1. The first-order chi connectivity index (χ1) is 6.70. The van der Waals surface area contributed by atoms with Crippen molar-refractivity contribution in [3.63, 3.8) is 0 Å². The number of carbonyl (C=O) groups excluding carboxylic acids is 1. The third-order valence-corrected chi connectivity index (χ3v) is 2.64. The fraction of sp³-hybridized carbons (Fsp3) is 0.917. The van der Waals surface area contributed by atoms with Crippen LogP contribution in [0.4, 0.5) is 0 Å². The van der Waals surface area contributed by atoms with Crippen LogP contribution in [-0.4, -0.2) is 5.97 Å². The van der Waals surface area contributed by atoms with Crippen molar-refractivity contribution in [2.45, 2.75) is 65.2 Å². The summed E-state index contributed by atoms with van der Waals surface area (Å²) in [4.78, 5) is 10.2. The number of aliphatic carboxylic acids is 1. The van der Waals surface area contributed by atoms with Gasteiger partial charge in [-0.25, -0.2) is 0 Å². The van der Waals surface area contributed by atoms with Gasteiger partial charge in [-0.2, -0.15) is 0 Å². The molecule has 0 unspecified atom stereocenters. The molecule has 0 spiro atoms. The zero-order valence-corrected chi connectivity index (χ0v) is 12.6. The van der Waals surface area contributed by atoms with E-state index in [1.807, 2.05) is 0 Å². The van der Waals surface area contributed by atoms with Crippen LogP contribution in [0.25, 0.3) is 0 Å². The van der Waals surface area contributed by atoms with Crippen LogP contribution in [-0.2, 0) is 4.79 Å². The molecule has 0 rings (SSSR count). The summed E-state index contributed by atoms with van der Waals surface area (Å²) in [6.45, 7) is 4.42. The SMILES string of the molecule is CCCC(CCC)CCCCC(=O)[O-].[Na+]. The normalized spacial score (nSPS) is 10.1. The van der Waals surface area contributed by atoms with E-state index in [2.05, 4.69) is 13.8 Å². The van der Waals surface area contributed by atoms with Gasteiger partial charge in [0.2, 0.25) is 0 Å². The van der Waals surface area contributed by atoms with Crippen LogP contribution in [0.15, 0.2) is 0 Å². The summed E-state index contributed by atoms with van der Waals surface area (Å²) in [5.41, 5.74) is 0. The van der Waals surface area contributed by atoms with Crippen molar-refractivity contribution >= 4 is 5.97 Å². The van der Waals surface area contributed by atoms with Crippen LogP contribution in [0.1, 0.15) is 65.2 Å². The van der Waals surface area contributed by atoms with E-state index < -0.39 is 5.97 Å². The molecule has 0 aliphatic rings. The summed E-state index contributed by atoms with van der Waals surface area (Å²) in [6.07, 6.45) is 8.31. The van der Waals surface area contributed by atoms with Crippen LogP contribution in [0.2, 0.25) is 0 Å². The van der Waals surface area contributed by atoms with Gasteiger partial charge in [-0.05, 0) is 18.8 Å². The van der Waals surface area contributed by atoms with Gasteiger partial charge in [0, 0.05) is 5.97 Å². The predicted molar refractivity (Wildman–Crippen MR) is 56.8 cm³/mol. The molecule has 0 N–H and O–H groups in total. The first kappa shape index (κ1) is 17.9. The Morgan fingerprint density at radius 2 is 1.60 bits per heavy atom. The minimum absolute atomic E-state index is 0. The molecule has 0 atom stereocenters. The van der Waals surface area contributed by atoms with Crippen molar-refractivity contribution < 1.29 is 39.5 Å². The molecular formula is C12H23NaO2. The number of unbranched alkanes of at least 4 members (excludes halogenated alkanes) is 1. The van der Waals surface area contributed by atoms with Crippen molar-refractivity contribution in [2.24, 2.45) is 5.92 Å². The van der Waals surface area contributed by atoms with E-state index in [0.717, 1.165) is 18.8 Å². The molecule has 15 heavy (non-hydrogen) atoms. The fourth-order valence-corrected chi connectivity index (χ4v) is 1.95. The maximum absolute atomic E-state index is 10.2. The molecule has 84 valence electrons. The second-order valence-corrected chi connectivity index (χ2v) is 4.06. The molecule has 2 nitrogen and oxygen atoms in total. The van der Waals surface area contributed by atoms with Gasteiger partial charge in [-0.1, -0.05) is 52.4 Å². The van der Waals surface area contributed by atoms with Crippen molar-refractivity contribution in [3.05, 3.63) is 0 Å². The molecule has 0 amide bonds. The maximum atomic E-state index is 10.2. The Bertz CT molecular complexity index is 143. The van der Waals surface area contributed by atoms with Gasteiger partial charge < -0.3 is 9.90 Å². The summed E-state index contributed by atoms with van der Waals surface area (Å²) in [5, 5.41) is 10.2. The average Bonchev–Trinajstić information content (AvgIpc) is 2.12. The molecule has 0 saturated heterocycles. The summed E-state index contributed by atoms with van der Waals surface area (Å²) in [5.74, 6) is -0.0979. The minimum atomic E-state index is -0.910. The Labute approximate surface area is 116 Å². The van der Waals surface area contributed by atoms with Crippen LogP contribution in [0.5, 0.6) is 0 Å². The van der Waals surface area contributed by atoms with Crippen molar-refractivity contribution in [3.8, 4) is 0 Å². The Hall–Kier alpha value is 0.470. The number of rotatable bonds is 9. The Morgan fingerprint density at radius 3 is 2.00 bits per heavy atom. The molecule has 0 saturated carbocycles. The topological polar surface area (TPSA) is 40.1 Å². The molecular weight excluding hydrogens is 199 g/mol. The standard InChI is InChI=1S/C12H24O2.Na/c1-3-7-11(8-4-2)9-5-6-10-12(13)14;/h11H,3-10H2,1-2H3,(H,13,14);/q;+1/p-1. The second kappa shape index (κ2) is 12.5. The summed E-state index contributed by atoms with van der Waals surface area (Å²) >= 11 is 0. The zero-order chi connectivity index (χ0) is 10.8. The van der Waals surface area contributed by atoms with E-state index in [0.29, 0.717) is 0 Å². The number of carbonyl (C=O) groups is 1.